The molecule has 1 aromatic heterocycles. The van der Waals surface area contributed by atoms with E-state index in [2.05, 4.69) is 10.3 Å². The van der Waals surface area contributed by atoms with E-state index in [9.17, 15) is 14.7 Å². The molecule has 5 nitrogen and oxygen atoms in total. The van der Waals surface area contributed by atoms with Crippen LogP contribution in [0.2, 0.25) is 0 Å². The molecule has 5 heteroatoms. The standard InChI is InChI=1S/C12H18N2O3/c1-8(2)5-10(15)7-14-12(17)9-3-4-13-11(16)6-9/h3-4,6,8,10,15H,5,7H2,1-2H3,(H,13,16)(H,14,17). The number of aromatic amines is 1. The van der Waals surface area contributed by atoms with Gasteiger partial charge >= 0.3 is 0 Å². The molecular formula is C12H18N2O3. The van der Waals surface area contributed by atoms with Gasteiger partial charge in [-0.2, -0.15) is 0 Å². The van der Waals surface area contributed by atoms with Crippen molar-refractivity contribution in [2.24, 2.45) is 5.92 Å². The van der Waals surface area contributed by atoms with Crippen molar-refractivity contribution in [3.05, 3.63) is 34.2 Å². The summed E-state index contributed by atoms with van der Waals surface area (Å²) in [5.41, 5.74) is -0.0223. The van der Waals surface area contributed by atoms with Crippen LogP contribution in [0.15, 0.2) is 23.1 Å². The van der Waals surface area contributed by atoms with Crippen LogP contribution in [-0.2, 0) is 0 Å². The molecule has 0 aromatic carbocycles. The van der Waals surface area contributed by atoms with E-state index in [1.54, 1.807) is 0 Å². The number of carbonyl (C=O) groups is 1. The van der Waals surface area contributed by atoms with E-state index < -0.39 is 6.10 Å². The molecule has 0 spiro atoms. The first kappa shape index (κ1) is 13.4. The zero-order valence-electron chi connectivity index (χ0n) is 10.1. The predicted molar refractivity (Wildman–Crippen MR) is 64.9 cm³/mol. The Labute approximate surface area is 99.9 Å². The number of rotatable bonds is 5. The summed E-state index contributed by atoms with van der Waals surface area (Å²) >= 11 is 0. The fraction of sp³-hybridized carbons (Fsp3) is 0.500. The Bertz CT molecular complexity index is 426. The first-order valence-corrected chi connectivity index (χ1v) is 5.64. The van der Waals surface area contributed by atoms with Gasteiger partial charge in [0.25, 0.3) is 5.91 Å². The van der Waals surface area contributed by atoms with Crippen molar-refractivity contribution in [1.29, 1.82) is 0 Å². The number of nitrogens with one attached hydrogen (secondary N) is 2. The van der Waals surface area contributed by atoms with Gasteiger partial charge in [-0.05, 0) is 18.4 Å². The highest BCUT2D eigenvalue weighted by atomic mass is 16.3. The molecule has 0 aliphatic rings. The number of aromatic nitrogens is 1. The van der Waals surface area contributed by atoms with Crippen LogP contribution in [0, 0.1) is 5.92 Å². The lowest BCUT2D eigenvalue weighted by molar-refractivity contribution is 0.0900. The van der Waals surface area contributed by atoms with Crippen LogP contribution in [0.1, 0.15) is 30.6 Å². The van der Waals surface area contributed by atoms with Gasteiger partial charge in [0.2, 0.25) is 5.56 Å². The molecule has 1 atom stereocenters. The molecule has 0 saturated carbocycles. The third kappa shape index (κ3) is 4.82. The Morgan fingerprint density at radius 2 is 2.24 bits per heavy atom. The lowest BCUT2D eigenvalue weighted by Gasteiger charge is -2.13. The highest BCUT2D eigenvalue weighted by Crippen LogP contribution is 2.03. The number of aliphatic hydroxyl groups excluding tert-OH is 1. The SMILES string of the molecule is CC(C)CC(O)CNC(=O)c1cc[nH]c(=O)c1. The Balaban J connectivity index is 2.47. The maximum Gasteiger partial charge on any atom is 0.251 e. The maximum absolute atomic E-state index is 11.6. The Morgan fingerprint density at radius 1 is 1.53 bits per heavy atom. The van der Waals surface area contributed by atoms with Crippen LogP contribution in [0.5, 0.6) is 0 Å². The summed E-state index contributed by atoms with van der Waals surface area (Å²) in [7, 11) is 0. The Hall–Kier alpha value is -1.62. The fourth-order valence-electron chi connectivity index (χ4n) is 1.53. The average Bonchev–Trinajstić information content (AvgIpc) is 2.25. The lowest BCUT2D eigenvalue weighted by Crippen LogP contribution is -2.33. The van der Waals surface area contributed by atoms with Crippen molar-refractivity contribution in [3.8, 4) is 0 Å². The van der Waals surface area contributed by atoms with E-state index in [1.165, 1.54) is 18.3 Å². The van der Waals surface area contributed by atoms with E-state index in [-0.39, 0.29) is 18.0 Å². The van der Waals surface area contributed by atoms with Crippen molar-refractivity contribution >= 4 is 5.91 Å². The number of hydrogen-bond acceptors (Lipinski definition) is 3. The second kappa shape index (κ2) is 6.20. The second-order valence-corrected chi connectivity index (χ2v) is 4.43. The number of carbonyl (C=O) groups excluding carboxylic acids is 1. The molecule has 0 bridgehead atoms. The van der Waals surface area contributed by atoms with Crippen molar-refractivity contribution in [3.63, 3.8) is 0 Å². The molecule has 0 saturated heterocycles. The predicted octanol–water partition coefficient (Wildman–Crippen LogP) is 0.512. The largest absolute Gasteiger partial charge is 0.391 e. The first-order valence-electron chi connectivity index (χ1n) is 5.64. The normalized spacial score (nSPS) is 12.5. The molecular weight excluding hydrogens is 220 g/mol. The highest BCUT2D eigenvalue weighted by Gasteiger charge is 2.10. The molecule has 17 heavy (non-hydrogen) atoms. The molecule has 1 heterocycles. The summed E-state index contributed by atoms with van der Waals surface area (Å²) in [6.07, 6.45) is 1.50. The number of H-pyrrole nitrogens is 1. The second-order valence-electron chi connectivity index (χ2n) is 4.43. The van der Waals surface area contributed by atoms with Crippen LogP contribution in [0.25, 0.3) is 0 Å². The van der Waals surface area contributed by atoms with Crippen molar-refractivity contribution in [1.82, 2.24) is 10.3 Å². The van der Waals surface area contributed by atoms with Crippen molar-refractivity contribution in [2.75, 3.05) is 6.54 Å². The van der Waals surface area contributed by atoms with Gasteiger partial charge in [-0.15, -0.1) is 0 Å². The highest BCUT2D eigenvalue weighted by molar-refractivity contribution is 5.93. The first-order chi connectivity index (χ1) is 7.99. The minimum Gasteiger partial charge on any atom is -0.391 e. The number of pyridine rings is 1. The summed E-state index contributed by atoms with van der Waals surface area (Å²) in [5.74, 6) is 0.0281. The van der Waals surface area contributed by atoms with Gasteiger partial charge < -0.3 is 15.4 Å². The Kier molecular flexibility index (Phi) is 4.90. The number of amides is 1. The molecule has 0 fully saturated rings. The molecule has 3 N–H and O–H groups in total. The fourth-order valence-corrected chi connectivity index (χ4v) is 1.53. The van der Waals surface area contributed by atoms with Crippen LogP contribution in [-0.4, -0.2) is 28.6 Å². The molecule has 0 aliphatic heterocycles. The van der Waals surface area contributed by atoms with E-state index in [0.717, 1.165) is 0 Å². The smallest absolute Gasteiger partial charge is 0.251 e. The minimum atomic E-state index is -0.555. The third-order valence-corrected chi connectivity index (χ3v) is 2.28. The van der Waals surface area contributed by atoms with Crippen LogP contribution in [0.4, 0.5) is 0 Å². The number of hydrogen-bond donors (Lipinski definition) is 3. The van der Waals surface area contributed by atoms with Gasteiger partial charge in [0, 0.05) is 24.4 Å². The van der Waals surface area contributed by atoms with E-state index in [0.29, 0.717) is 17.9 Å². The lowest BCUT2D eigenvalue weighted by atomic mass is 10.1. The van der Waals surface area contributed by atoms with Crippen LogP contribution >= 0.6 is 0 Å². The van der Waals surface area contributed by atoms with Crippen LogP contribution in [0.3, 0.4) is 0 Å². The van der Waals surface area contributed by atoms with Crippen molar-refractivity contribution in [2.45, 2.75) is 26.4 Å². The molecule has 0 radical (unpaired) electrons. The van der Waals surface area contributed by atoms with Gasteiger partial charge in [-0.3, -0.25) is 9.59 Å². The molecule has 1 unspecified atom stereocenters. The zero-order chi connectivity index (χ0) is 12.8. The zero-order valence-corrected chi connectivity index (χ0v) is 10.1. The quantitative estimate of drug-likeness (QED) is 0.699. The Morgan fingerprint density at radius 3 is 2.82 bits per heavy atom. The topological polar surface area (TPSA) is 82.2 Å². The van der Waals surface area contributed by atoms with Gasteiger partial charge in [0.05, 0.1) is 6.10 Å². The summed E-state index contributed by atoms with van der Waals surface area (Å²) in [4.78, 5) is 25.0. The van der Waals surface area contributed by atoms with Crippen LogP contribution < -0.4 is 10.9 Å². The van der Waals surface area contributed by atoms with Gasteiger partial charge in [-0.1, -0.05) is 13.8 Å². The van der Waals surface area contributed by atoms with Gasteiger partial charge in [0.15, 0.2) is 0 Å². The van der Waals surface area contributed by atoms with E-state index >= 15 is 0 Å². The third-order valence-electron chi connectivity index (χ3n) is 2.28. The summed E-state index contributed by atoms with van der Waals surface area (Å²) in [6.45, 7) is 4.20. The molecule has 0 aliphatic carbocycles. The molecule has 1 amide bonds. The maximum atomic E-state index is 11.6. The summed E-state index contributed by atoms with van der Waals surface area (Å²) < 4.78 is 0. The number of aliphatic hydroxyl groups is 1. The average molecular weight is 238 g/mol. The van der Waals surface area contributed by atoms with Crippen molar-refractivity contribution < 1.29 is 9.90 Å². The summed E-state index contributed by atoms with van der Waals surface area (Å²) in [5, 5.41) is 12.2. The van der Waals surface area contributed by atoms with E-state index in [4.69, 9.17) is 0 Å². The van der Waals surface area contributed by atoms with E-state index in [1.807, 2.05) is 13.8 Å². The monoisotopic (exact) mass is 238 g/mol. The molecule has 1 rings (SSSR count). The van der Waals surface area contributed by atoms with Gasteiger partial charge in [0.1, 0.15) is 0 Å². The minimum absolute atomic E-state index is 0.198. The molecule has 1 aromatic rings. The summed E-state index contributed by atoms with van der Waals surface area (Å²) in [6, 6.07) is 2.75. The van der Waals surface area contributed by atoms with Gasteiger partial charge in [-0.25, -0.2) is 0 Å². The molecule has 94 valence electrons.